The molecular formula is C15H11F3N2O. The average Bonchev–Trinajstić information content (AvgIpc) is 2.46. The maximum absolute atomic E-state index is 13.3. The van der Waals surface area contributed by atoms with Crippen LogP contribution in [0.4, 0.5) is 18.9 Å². The molecule has 6 heteroatoms. The van der Waals surface area contributed by atoms with E-state index in [1.54, 1.807) is 0 Å². The smallest absolute Gasteiger partial charge is 0.167 e. The van der Waals surface area contributed by atoms with Crippen LogP contribution in [0, 0.1) is 28.8 Å². The molecule has 0 heterocycles. The lowest BCUT2D eigenvalue weighted by Gasteiger charge is -2.10. The van der Waals surface area contributed by atoms with E-state index in [0.29, 0.717) is 5.69 Å². The van der Waals surface area contributed by atoms with E-state index in [9.17, 15) is 13.2 Å². The molecule has 0 radical (unpaired) electrons. The lowest BCUT2D eigenvalue weighted by molar-refractivity contribution is 0.314. The van der Waals surface area contributed by atoms with Crippen LogP contribution in [0.25, 0.3) is 0 Å². The normalized spacial score (nSPS) is 10.0. The van der Waals surface area contributed by atoms with Gasteiger partial charge in [-0.15, -0.1) is 0 Å². The highest BCUT2D eigenvalue weighted by Gasteiger charge is 2.06. The number of benzene rings is 2. The van der Waals surface area contributed by atoms with E-state index < -0.39 is 17.5 Å². The first kappa shape index (κ1) is 14.7. The highest BCUT2D eigenvalue weighted by Crippen LogP contribution is 2.18. The standard InChI is InChI=1S/C15H11F3N2O/c16-11-1-3-14(10(7-11)9-19)20-5-6-21-15-4-2-12(17)8-13(15)18/h1-4,7-8,20H,5-6H2. The van der Waals surface area contributed by atoms with Crippen LogP contribution in [0.1, 0.15) is 5.56 Å². The van der Waals surface area contributed by atoms with Gasteiger partial charge in [0, 0.05) is 12.6 Å². The fourth-order valence-corrected chi connectivity index (χ4v) is 1.70. The molecule has 0 aromatic heterocycles. The molecule has 0 amide bonds. The summed E-state index contributed by atoms with van der Waals surface area (Å²) in [5.74, 6) is -2.02. The van der Waals surface area contributed by atoms with E-state index in [-0.39, 0.29) is 24.5 Å². The number of anilines is 1. The maximum Gasteiger partial charge on any atom is 0.167 e. The lowest BCUT2D eigenvalue weighted by atomic mass is 10.2. The molecule has 108 valence electrons. The molecule has 21 heavy (non-hydrogen) atoms. The van der Waals surface area contributed by atoms with Gasteiger partial charge in [-0.3, -0.25) is 0 Å². The highest BCUT2D eigenvalue weighted by molar-refractivity contribution is 5.57. The van der Waals surface area contributed by atoms with Crippen LogP contribution in [-0.2, 0) is 0 Å². The molecule has 0 bridgehead atoms. The van der Waals surface area contributed by atoms with E-state index >= 15 is 0 Å². The van der Waals surface area contributed by atoms with Crippen molar-refractivity contribution < 1.29 is 17.9 Å². The van der Waals surface area contributed by atoms with Gasteiger partial charge in [-0.1, -0.05) is 0 Å². The molecule has 0 unspecified atom stereocenters. The van der Waals surface area contributed by atoms with Gasteiger partial charge in [-0.25, -0.2) is 13.2 Å². The van der Waals surface area contributed by atoms with Crippen molar-refractivity contribution in [2.75, 3.05) is 18.5 Å². The molecule has 0 fully saturated rings. The Morgan fingerprint density at radius 3 is 2.48 bits per heavy atom. The van der Waals surface area contributed by atoms with Crippen molar-refractivity contribution in [3.05, 3.63) is 59.4 Å². The first-order valence-corrected chi connectivity index (χ1v) is 6.11. The van der Waals surface area contributed by atoms with Gasteiger partial charge in [0.2, 0.25) is 0 Å². The van der Waals surface area contributed by atoms with Gasteiger partial charge in [-0.05, 0) is 30.3 Å². The summed E-state index contributed by atoms with van der Waals surface area (Å²) in [6.45, 7) is 0.377. The van der Waals surface area contributed by atoms with Crippen molar-refractivity contribution in [1.82, 2.24) is 0 Å². The zero-order chi connectivity index (χ0) is 15.2. The molecule has 0 spiro atoms. The summed E-state index contributed by atoms with van der Waals surface area (Å²) < 4.78 is 44.1. The number of rotatable bonds is 5. The van der Waals surface area contributed by atoms with E-state index in [0.717, 1.165) is 18.2 Å². The number of hydrogen-bond acceptors (Lipinski definition) is 3. The van der Waals surface area contributed by atoms with Crippen molar-refractivity contribution in [1.29, 1.82) is 5.26 Å². The lowest BCUT2D eigenvalue weighted by Crippen LogP contribution is -2.13. The summed E-state index contributed by atoms with van der Waals surface area (Å²) >= 11 is 0. The third kappa shape index (κ3) is 3.89. The number of nitrogens with zero attached hydrogens (tertiary/aromatic N) is 1. The van der Waals surface area contributed by atoms with Gasteiger partial charge in [-0.2, -0.15) is 5.26 Å². The summed E-state index contributed by atoms with van der Waals surface area (Å²) in [5, 5.41) is 11.7. The molecule has 3 nitrogen and oxygen atoms in total. The Balaban J connectivity index is 1.89. The van der Waals surface area contributed by atoms with Crippen molar-refractivity contribution in [2.24, 2.45) is 0 Å². The van der Waals surface area contributed by atoms with Crippen LogP contribution in [0.15, 0.2) is 36.4 Å². The molecule has 0 aliphatic heterocycles. The number of hydrogen-bond donors (Lipinski definition) is 1. The Morgan fingerprint density at radius 2 is 1.76 bits per heavy atom. The Labute approximate surface area is 119 Å². The third-order valence-corrected chi connectivity index (χ3v) is 2.67. The Hall–Kier alpha value is -2.68. The molecule has 0 saturated carbocycles. The highest BCUT2D eigenvalue weighted by atomic mass is 19.1. The quantitative estimate of drug-likeness (QED) is 0.858. The van der Waals surface area contributed by atoms with Gasteiger partial charge >= 0.3 is 0 Å². The molecule has 2 rings (SSSR count). The van der Waals surface area contributed by atoms with Crippen LogP contribution >= 0.6 is 0 Å². The van der Waals surface area contributed by atoms with E-state index in [4.69, 9.17) is 10.00 Å². The second kappa shape index (κ2) is 6.66. The van der Waals surface area contributed by atoms with Crippen LogP contribution < -0.4 is 10.1 Å². The van der Waals surface area contributed by atoms with Gasteiger partial charge in [0.1, 0.15) is 24.3 Å². The van der Waals surface area contributed by atoms with Crippen molar-refractivity contribution in [3.8, 4) is 11.8 Å². The van der Waals surface area contributed by atoms with Gasteiger partial charge in [0.25, 0.3) is 0 Å². The van der Waals surface area contributed by atoms with Crippen molar-refractivity contribution in [2.45, 2.75) is 0 Å². The van der Waals surface area contributed by atoms with Gasteiger partial charge in [0.05, 0.1) is 11.3 Å². The topological polar surface area (TPSA) is 45.0 Å². The summed E-state index contributed by atoms with van der Waals surface area (Å²) in [4.78, 5) is 0. The molecule has 0 aliphatic carbocycles. The molecule has 0 aliphatic rings. The minimum Gasteiger partial charge on any atom is -0.489 e. The second-order valence-electron chi connectivity index (χ2n) is 4.15. The second-order valence-corrected chi connectivity index (χ2v) is 4.15. The first-order valence-electron chi connectivity index (χ1n) is 6.11. The number of ether oxygens (including phenoxy) is 1. The molecular weight excluding hydrogens is 281 g/mol. The van der Waals surface area contributed by atoms with E-state index in [2.05, 4.69) is 5.32 Å². The zero-order valence-electron chi connectivity index (χ0n) is 10.9. The van der Waals surface area contributed by atoms with Crippen LogP contribution in [0.3, 0.4) is 0 Å². The predicted molar refractivity (Wildman–Crippen MR) is 71.5 cm³/mol. The Morgan fingerprint density at radius 1 is 1.05 bits per heavy atom. The molecule has 2 aromatic rings. The Kier molecular flexibility index (Phi) is 4.67. The Bertz CT molecular complexity index is 683. The van der Waals surface area contributed by atoms with Crippen LogP contribution in [0.2, 0.25) is 0 Å². The summed E-state index contributed by atoms with van der Waals surface area (Å²) in [5.41, 5.74) is 0.630. The zero-order valence-corrected chi connectivity index (χ0v) is 10.9. The SMILES string of the molecule is N#Cc1cc(F)ccc1NCCOc1ccc(F)cc1F. The van der Waals surface area contributed by atoms with E-state index in [1.807, 2.05) is 6.07 Å². The molecule has 0 atom stereocenters. The summed E-state index contributed by atoms with van der Waals surface area (Å²) in [6, 6.07) is 8.67. The fourth-order valence-electron chi connectivity index (χ4n) is 1.70. The van der Waals surface area contributed by atoms with Crippen molar-refractivity contribution in [3.63, 3.8) is 0 Å². The minimum atomic E-state index is -0.783. The summed E-state index contributed by atoms with van der Waals surface area (Å²) in [7, 11) is 0. The first-order chi connectivity index (χ1) is 10.1. The largest absolute Gasteiger partial charge is 0.489 e. The number of nitrogens with one attached hydrogen (secondary N) is 1. The summed E-state index contributed by atoms with van der Waals surface area (Å²) in [6.07, 6.45) is 0. The fraction of sp³-hybridized carbons (Fsp3) is 0.133. The molecule has 2 aromatic carbocycles. The minimum absolute atomic E-state index is 0.0576. The third-order valence-electron chi connectivity index (χ3n) is 2.67. The van der Waals surface area contributed by atoms with Gasteiger partial charge in [0.15, 0.2) is 11.6 Å². The average molecular weight is 292 g/mol. The number of halogens is 3. The van der Waals surface area contributed by atoms with E-state index in [1.165, 1.54) is 18.2 Å². The monoisotopic (exact) mass is 292 g/mol. The predicted octanol–water partition coefficient (Wildman–Crippen LogP) is 3.47. The van der Waals surface area contributed by atoms with Crippen LogP contribution in [-0.4, -0.2) is 13.2 Å². The maximum atomic E-state index is 13.3. The van der Waals surface area contributed by atoms with Crippen molar-refractivity contribution >= 4 is 5.69 Å². The number of nitriles is 1. The molecule has 1 N–H and O–H groups in total. The molecule has 0 saturated heterocycles. The van der Waals surface area contributed by atoms with Gasteiger partial charge < -0.3 is 10.1 Å². The van der Waals surface area contributed by atoms with Crippen LogP contribution in [0.5, 0.6) is 5.75 Å².